The summed E-state index contributed by atoms with van der Waals surface area (Å²) >= 11 is 0.963. The predicted octanol–water partition coefficient (Wildman–Crippen LogP) is 3.83. The van der Waals surface area contributed by atoms with Crippen molar-refractivity contribution >= 4 is 46.7 Å². The molecular weight excluding hydrogens is 643 g/mol. The number of benzene rings is 2. The van der Waals surface area contributed by atoms with Crippen LogP contribution in [0.1, 0.15) is 54.1 Å². The van der Waals surface area contributed by atoms with Crippen molar-refractivity contribution in [2.24, 2.45) is 5.41 Å². The average Bonchev–Trinajstić information content (AvgIpc) is 3.61. The van der Waals surface area contributed by atoms with Gasteiger partial charge in [-0.15, -0.1) is 11.3 Å². The minimum atomic E-state index is -5.79. The number of aliphatic hydroxyl groups excluding tert-OH is 1. The first kappa shape index (κ1) is 34.1. The van der Waals surface area contributed by atoms with Gasteiger partial charge in [-0.2, -0.15) is 8.78 Å². The maximum Gasteiger partial charge on any atom is 0.399 e. The molecule has 2 aliphatic heterocycles. The molecule has 3 heterocycles. The van der Waals surface area contributed by atoms with Crippen LogP contribution in [0.3, 0.4) is 0 Å². The lowest BCUT2D eigenvalue weighted by atomic mass is 9.85. The molecule has 4 N–H and O–H groups in total. The molecule has 3 aromatic rings. The van der Waals surface area contributed by atoms with Gasteiger partial charge in [0.15, 0.2) is 0 Å². The lowest BCUT2D eigenvalue weighted by molar-refractivity contribution is -0.150. The first-order chi connectivity index (χ1) is 21.5. The normalized spacial score (nSPS) is 21.8. The Kier molecular flexibility index (Phi) is 9.44. The molecule has 11 nitrogen and oxygen atoms in total. The number of hydrogen-bond donors (Lipinski definition) is 4. The lowest BCUT2D eigenvalue weighted by Crippen LogP contribution is -2.58. The molecule has 2 saturated heterocycles. The Bertz CT molecular complexity index is 1670. The van der Waals surface area contributed by atoms with Crippen molar-refractivity contribution < 1.29 is 47.4 Å². The summed E-state index contributed by atoms with van der Waals surface area (Å²) in [7, 11) is -5.79. The third-order valence-corrected chi connectivity index (χ3v) is 10.3. The minimum Gasteiger partial charge on any atom is -0.391 e. The van der Waals surface area contributed by atoms with E-state index in [2.05, 4.69) is 5.32 Å². The fourth-order valence-corrected chi connectivity index (χ4v) is 7.17. The number of carbonyl (C=O) groups excluding carboxylic acids is 3. The van der Waals surface area contributed by atoms with Crippen molar-refractivity contribution in [3.05, 3.63) is 70.6 Å². The lowest BCUT2D eigenvalue weighted by Gasteiger charge is -2.38. The Balaban J connectivity index is 1.35. The zero-order valence-electron chi connectivity index (χ0n) is 25.4. The summed E-state index contributed by atoms with van der Waals surface area (Å²) in [4.78, 5) is 62.5. The summed E-state index contributed by atoms with van der Waals surface area (Å²) in [5, 5.41) is 13.5. The van der Waals surface area contributed by atoms with E-state index in [0.29, 0.717) is 17.9 Å². The molecule has 1 unspecified atom stereocenters. The second-order valence-electron chi connectivity index (χ2n) is 12.7. The van der Waals surface area contributed by atoms with Crippen LogP contribution in [-0.4, -0.2) is 86.8 Å². The van der Waals surface area contributed by atoms with Gasteiger partial charge in [-0.1, -0.05) is 57.2 Å². The molecule has 2 fully saturated rings. The van der Waals surface area contributed by atoms with Crippen molar-refractivity contribution in [3.8, 4) is 0 Å². The number of carbonyl (C=O) groups is 3. The molecule has 0 radical (unpaired) electrons. The molecule has 3 amide bonds. The van der Waals surface area contributed by atoms with Crippen LogP contribution in [0.4, 0.5) is 8.78 Å². The Morgan fingerprint density at radius 2 is 1.76 bits per heavy atom. The highest BCUT2D eigenvalue weighted by Crippen LogP contribution is 2.59. The second-order valence-corrected chi connectivity index (χ2v) is 15.4. The molecule has 46 heavy (non-hydrogen) atoms. The fraction of sp³-hybridized carbons (Fsp3) is 0.452. The highest BCUT2D eigenvalue weighted by Gasteiger charge is 2.50. The van der Waals surface area contributed by atoms with Crippen LogP contribution in [0, 0.1) is 5.41 Å². The number of ether oxygens (including phenoxy) is 1. The molecule has 0 spiro atoms. The number of nitrogens with zero attached hydrogens (tertiary/aromatic N) is 2. The van der Waals surface area contributed by atoms with E-state index in [1.807, 2.05) is 30.3 Å². The Labute approximate surface area is 268 Å². The Morgan fingerprint density at radius 3 is 2.41 bits per heavy atom. The molecule has 5 rings (SSSR count). The molecule has 2 aliphatic rings. The first-order valence-corrected chi connectivity index (χ1v) is 17.1. The average molecular weight is 680 g/mol. The van der Waals surface area contributed by atoms with Gasteiger partial charge in [-0.3, -0.25) is 18.9 Å². The number of thiophene rings is 1. The van der Waals surface area contributed by atoms with E-state index < -0.39 is 54.2 Å². The zero-order chi connectivity index (χ0) is 33.6. The van der Waals surface area contributed by atoms with Crippen LogP contribution in [-0.2, 0) is 24.6 Å². The van der Waals surface area contributed by atoms with Crippen LogP contribution >= 0.6 is 18.9 Å². The monoisotopic (exact) mass is 679 g/mol. The number of hydrogen-bond acceptors (Lipinski definition) is 7. The Morgan fingerprint density at radius 1 is 1.07 bits per heavy atom. The topological polar surface area (TPSA) is 157 Å². The van der Waals surface area contributed by atoms with Gasteiger partial charge in [0.1, 0.15) is 18.2 Å². The number of amides is 3. The molecule has 0 saturated carbocycles. The number of rotatable bonds is 7. The zero-order valence-corrected chi connectivity index (χ0v) is 27.1. The summed E-state index contributed by atoms with van der Waals surface area (Å²) in [5.41, 5.74) is -5.21. The number of morpholine rings is 1. The van der Waals surface area contributed by atoms with Crippen LogP contribution in [0.15, 0.2) is 54.6 Å². The molecule has 15 heteroatoms. The number of likely N-dealkylation sites (tertiary alicyclic amines) is 1. The summed E-state index contributed by atoms with van der Waals surface area (Å²) in [6.07, 6.45) is -1.24. The first-order valence-electron chi connectivity index (χ1n) is 14.7. The van der Waals surface area contributed by atoms with Crippen molar-refractivity contribution in [2.75, 3.05) is 26.2 Å². The van der Waals surface area contributed by atoms with E-state index in [0.717, 1.165) is 29.0 Å². The molecule has 4 atom stereocenters. The predicted molar refractivity (Wildman–Crippen MR) is 166 cm³/mol. The van der Waals surface area contributed by atoms with Gasteiger partial charge < -0.3 is 34.7 Å². The number of alkyl halides is 2. The van der Waals surface area contributed by atoms with E-state index in [9.17, 15) is 32.8 Å². The number of fused-ring (bicyclic) bond motifs is 1. The van der Waals surface area contributed by atoms with Gasteiger partial charge in [-0.05, 0) is 34.6 Å². The van der Waals surface area contributed by atoms with Gasteiger partial charge in [0.25, 0.3) is 5.91 Å². The molecule has 2 aromatic carbocycles. The van der Waals surface area contributed by atoms with Crippen LogP contribution in [0.25, 0.3) is 10.1 Å². The van der Waals surface area contributed by atoms with Crippen LogP contribution in [0.2, 0.25) is 0 Å². The minimum absolute atomic E-state index is 0.0423. The molecular formula is C31H36F2N3O8PS. The number of β-amino-alcohol motifs (C(OH)–C–C–N with tert-alkyl or cyclic N) is 1. The highest BCUT2D eigenvalue weighted by molar-refractivity contribution is 7.52. The molecule has 0 bridgehead atoms. The number of halogens is 2. The molecule has 248 valence electrons. The Hall–Kier alpha value is -3.26. The van der Waals surface area contributed by atoms with Gasteiger partial charge in [-0.25, -0.2) is 0 Å². The summed E-state index contributed by atoms with van der Waals surface area (Å²) in [6, 6.07) is 11.8. The number of aliphatic hydroxyl groups is 1. The number of nitrogens with one attached hydrogen (secondary N) is 1. The molecule has 0 aliphatic carbocycles. The third kappa shape index (κ3) is 6.87. The van der Waals surface area contributed by atoms with E-state index in [4.69, 9.17) is 14.5 Å². The van der Waals surface area contributed by atoms with Gasteiger partial charge in [0.05, 0.1) is 24.1 Å². The largest absolute Gasteiger partial charge is 0.399 e. The van der Waals surface area contributed by atoms with Crippen LogP contribution < -0.4 is 5.32 Å². The maximum absolute atomic E-state index is 14.3. The van der Waals surface area contributed by atoms with E-state index >= 15 is 0 Å². The maximum atomic E-state index is 14.3. The summed E-state index contributed by atoms with van der Waals surface area (Å²) in [5.74, 6) is -1.53. The van der Waals surface area contributed by atoms with Crippen molar-refractivity contribution in [1.82, 2.24) is 15.1 Å². The summed E-state index contributed by atoms with van der Waals surface area (Å²) < 4.78 is 46.2. The quantitative estimate of drug-likeness (QED) is 0.275. The fourth-order valence-electron chi connectivity index (χ4n) is 5.75. The smallest absolute Gasteiger partial charge is 0.391 e. The van der Waals surface area contributed by atoms with Gasteiger partial charge in [0, 0.05) is 29.8 Å². The van der Waals surface area contributed by atoms with Crippen LogP contribution in [0.5, 0.6) is 0 Å². The summed E-state index contributed by atoms with van der Waals surface area (Å²) in [6.45, 7) is 6.05. The molecule has 1 aromatic heterocycles. The second kappa shape index (κ2) is 12.7. The SMILES string of the molecule is CC(C)(C)C(NC(=O)c1cc2cc(C(F)(F)P(=O)(O)O)ccc2s1)C(=O)N1C[C@@H](O)C[C@H]1C(=O)N1CCO[C@H](c2ccccc2)C1. The van der Waals surface area contributed by atoms with E-state index in [-0.39, 0.29) is 41.8 Å². The van der Waals surface area contributed by atoms with Gasteiger partial charge >= 0.3 is 13.3 Å². The van der Waals surface area contributed by atoms with E-state index in [1.165, 1.54) is 17.0 Å². The van der Waals surface area contributed by atoms with Crippen molar-refractivity contribution in [2.45, 2.75) is 57.1 Å². The third-order valence-electron chi connectivity index (χ3n) is 8.24. The van der Waals surface area contributed by atoms with Crippen molar-refractivity contribution in [1.29, 1.82) is 0 Å². The standard InChI is InChI=1S/C31H36F2N3O8PS/c1-30(2,3)26(34-27(38)25-14-19-13-20(9-10-24(19)46-25)31(32,33)45(41,42)43)29(40)36-16-21(37)15-22(36)28(39)35-11-12-44-23(17-35)18-7-5-4-6-8-18/h4-10,13-14,21-23,26,37H,11-12,15-17H2,1-3H3,(H,34,38)(H2,41,42,43)/t21-,22-,23-,26?/m0/s1. The van der Waals surface area contributed by atoms with Gasteiger partial charge in [0.2, 0.25) is 11.8 Å². The van der Waals surface area contributed by atoms with Crippen molar-refractivity contribution in [3.63, 3.8) is 0 Å². The van der Waals surface area contributed by atoms with E-state index in [1.54, 1.807) is 25.7 Å². The highest BCUT2D eigenvalue weighted by atomic mass is 32.1.